The number of Topliss-reactive ketones (excluding diaryl/α,β-unsaturated/α-hetero) is 1. The zero-order chi connectivity index (χ0) is 22.1. The summed E-state index contributed by atoms with van der Waals surface area (Å²) in [6.07, 6.45) is -0.356. The second kappa shape index (κ2) is 8.30. The van der Waals surface area contributed by atoms with E-state index in [2.05, 4.69) is 0 Å². The predicted octanol–water partition coefficient (Wildman–Crippen LogP) is 4.73. The summed E-state index contributed by atoms with van der Waals surface area (Å²) in [7, 11) is 1.65. The number of anilines is 2. The lowest BCUT2D eigenvalue weighted by Gasteiger charge is -2.36. The highest BCUT2D eigenvalue weighted by Crippen LogP contribution is 2.51. The van der Waals surface area contributed by atoms with Crippen LogP contribution in [0, 0.1) is 0 Å². The SMILES string of the molecule is COc1ccc([C@@H]2ON(c3ccccc3)C[C@@]23CC(C(C)=O)ON3c2ccccc2)cc1. The van der Waals surface area contributed by atoms with Crippen molar-refractivity contribution in [1.82, 2.24) is 0 Å². The molecule has 2 saturated heterocycles. The van der Waals surface area contributed by atoms with Crippen LogP contribution in [0.2, 0.25) is 0 Å². The molecule has 0 aliphatic carbocycles. The predicted molar refractivity (Wildman–Crippen MR) is 122 cm³/mol. The molecule has 0 radical (unpaired) electrons. The monoisotopic (exact) mass is 430 g/mol. The summed E-state index contributed by atoms with van der Waals surface area (Å²) in [6, 6.07) is 27.8. The molecule has 2 heterocycles. The van der Waals surface area contributed by atoms with Gasteiger partial charge in [0, 0.05) is 6.42 Å². The number of methoxy groups -OCH3 is 1. The van der Waals surface area contributed by atoms with Gasteiger partial charge in [0.1, 0.15) is 23.5 Å². The second-order valence-corrected chi connectivity index (χ2v) is 8.27. The fourth-order valence-corrected chi connectivity index (χ4v) is 4.61. The van der Waals surface area contributed by atoms with Crippen molar-refractivity contribution < 1.29 is 19.2 Å². The Balaban J connectivity index is 1.62. The Morgan fingerprint density at radius 3 is 2.12 bits per heavy atom. The fourth-order valence-electron chi connectivity index (χ4n) is 4.61. The van der Waals surface area contributed by atoms with Gasteiger partial charge in [0.25, 0.3) is 0 Å². The van der Waals surface area contributed by atoms with E-state index in [1.54, 1.807) is 14.0 Å². The second-order valence-electron chi connectivity index (χ2n) is 8.27. The fraction of sp³-hybridized carbons (Fsp3) is 0.269. The van der Waals surface area contributed by atoms with Gasteiger partial charge in [0.05, 0.1) is 25.0 Å². The first-order chi connectivity index (χ1) is 15.6. The van der Waals surface area contributed by atoms with Crippen LogP contribution >= 0.6 is 0 Å². The molecule has 164 valence electrons. The minimum Gasteiger partial charge on any atom is -0.497 e. The van der Waals surface area contributed by atoms with E-state index in [9.17, 15) is 4.79 Å². The highest BCUT2D eigenvalue weighted by molar-refractivity contribution is 5.81. The van der Waals surface area contributed by atoms with Gasteiger partial charge in [-0.25, -0.2) is 5.06 Å². The summed E-state index contributed by atoms with van der Waals surface area (Å²) in [5.74, 6) is 0.791. The number of hydrogen-bond acceptors (Lipinski definition) is 6. The molecule has 2 aliphatic rings. The van der Waals surface area contributed by atoms with Crippen LogP contribution in [0.25, 0.3) is 0 Å². The highest BCUT2D eigenvalue weighted by Gasteiger charge is 2.60. The molecule has 3 aromatic rings. The maximum atomic E-state index is 12.4. The molecule has 2 aliphatic heterocycles. The Labute approximate surface area is 187 Å². The van der Waals surface area contributed by atoms with E-state index >= 15 is 0 Å². The zero-order valence-corrected chi connectivity index (χ0v) is 18.2. The van der Waals surface area contributed by atoms with E-state index < -0.39 is 11.6 Å². The third-order valence-corrected chi connectivity index (χ3v) is 6.22. The molecule has 1 unspecified atom stereocenters. The van der Waals surface area contributed by atoms with Gasteiger partial charge in [-0.3, -0.25) is 19.5 Å². The van der Waals surface area contributed by atoms with Crippen molar-refractivity contribution in [2.75, 3.05) is 23.8 Å². The third kappa shape index (κ3) is 3.51. The van der Waals surface area contributed by atoms with Gasteiger partial charge in [-0.15, -0.1) is 0 Å². The maximum Gasteiger partial charge on any atom is 0.161 e. The van der Waals surface area contributed by atoms with Crippen LogP contribution < -0.4 is 14.9 Å². The first kappa shape index (κ1) is 20.5. The third-order valence-electron chi connectivity index (χ3n) is 6.22. The quantitative estimate of drug-likeness (QED) is 0.584. The first-order valence-corrected chi connectivity index (χ1v) is 10.8. The van der Waals surface area contributed by atoms with Crippen molar-refractivity contribution in [3.63, 3.8) is 0 Å². The lowest BCUT2D eigenvalue weighted by Crippen LogP contribution is -2.49. The summed E-state index contributed by atoms with van der Waals surface area (Å²) >= 11 is 0. The van der Waals surface area contributed by atoms with E-state index in [0.717, 1.165) is 22.7 Å². The first-order valence-electron chi connectivity index (χ1n) is 10.8. The molecule has 0 N–H and O–H groups in total. The molecule has 0 amide bonds. The topological polar surface area (TPSA) is 51.2 Å². The minimum absolute atomic E-state index is 0.00875. The number of rotatable bonds is 5. The Morgan fingerprint density at radius 1 is 0.906 bits per heavy atom. The molecule has 6 heteroatoms. The van der Waals surface area contributed by atoms with Gasteiger partial charge < -0.3 is 4.74 Å². The zero-order valence-electron chi connectivity index (χ0n) is 18.2. The molecule has 5 rings (SSSR count). The number of ether oxygens (including phenoxy) is 1. The van der Waals surface area contributed by atoms with Gasteiger partial charge in [-0.1, -0.05) is 48.5 Å². The average Bonchev–Trinajstić information content (AvgIpc) is 3.42. The van der Waals surface area contributed by atoms with Crippen LogP contribution in [0.1, 0.15) is 25.0 Å². The van der Waals surface area contributed by atoms with Gasteiger partial charge in [0.2, 0.25) is 0 Å². The largest absolute Gasteiger partial charge is 0.497 e. The lowest BCUT2D eigenvalue weighted by atomic mass is 9.83. The smallest absolute Gasteiger partial charge is 0.161 e. The van der Waals surface area contributed by atoms with Gasteiger partial charge in [-0.05, 0) is 48.9 Å². The number of carbonyl (C=O) groups excluding carboxylic acids is 1. The van der Waals surface area contributed by atoms with Crippen molar-refractivity contribution in [2.45, 2.75) is 31.1 Å². The molecule has 32 heavy (non-hydrogen) atoms. The Bertz CT molecular complexity index is 1070. The summed E-state index contributed by atoms with van der Waals surface area (Å²) in [5.41, 5.74) is 2.26. The van der Waals surface area contributed by atoms with E-state index in [-0.39, 0.29) is 11.9 Å². The molecule has 1 spiro atoms. The molecule has 3 aromatic carbocycles. The van der Waals surface area contributed by atoms with E-state index in [1.165, 1.54) is 0 Å². The van der Waals surface area contributed by atoms with E-state index in [1.807, 2.05) is 95.1 Å². The van der Waals surface area contributed by atoms with Crippen molar-refractivity contribution in [3.8, 4) is 5.75 Å². The molecule has 0 aromatic heterocycles. The van der Waals surface area contributed by atoms with Crippen molar-refractivity contribution in [3.05, 3.63) is 90.5 Å². The Kier molecular flexibility index (Phi) is 5.33. The lowest BCUT2D eigenvalue weighted by molar-refractivity contribution is -0.126. The Morgan fingerprint density at radius 2 is 1.53 bits per heavy atom. The van der Waals surface area contributed by atoms with E-state index in [0.29, 0.717) is 13.0 Å². The summed E-state index contributed by atoms with van der Waals surface area (Å²) in [6.45, 7) is 2.13. The van der Waals surface area contributed by atoms with Crippen LogP contribution in [0.5, 0.6) is 5.75 Å². The number of ketones is 1. The van der Waals surface area contributed by atoms with Crippen molar-refractivity contribution >= 4 is 17.2 Å². The molecule has 0 bridgehead atoms. The summed E-state index contributed by atoms with van der Waals surface area (Å²) in [5, 5.41) is 3.81. The van der Waals surface area contributed by atoms with Gasteiger partial charge in [-0.2, -0.15) is 0 Å². The molecule has 6 nitrogen and oxygen atoms in total. The van der Waals surface area contributed by atoms with Gasteiger partial charge >= 0.3 is 0 Å². The number of hydroxylamine groups is 2. The van der Waals surface area contributed by atoms with Crippen molar-refractivity contribution in [2.24, 2.45) is 0 Å². The van der Waals surface area contributed by atoms with Crippen LogP contribution in [0.3, 0.4) is 0 Å². The summed E-state index contributed by atoms with van der Waals surface area (Å²) in [4.78, 5) is 25.3. The molecule has 0 saturated carbocycles. The molecule has 3 atom stereocenters. The maximum absolute atomic E-state index is 12.4. The standard InChI is InChI=1S/C26H26N2O4/c1-19(29)24-17-26(28(31-24)22-11-7-4-8-12-22)18-27(21-9-5-3-6-10-21)32-25(26)20-13-15-23(30-2)16-14-20/h3-16,24-25H,17-18H2,1-2H3/t24?,25-,26-/m0/s1. The average molecular weight is 431 g/mol. The molecular formula is C26H26N2O4. The van der Waals surface area contributed by atoms with Crippen LogP contribution in [0.15, 0.2) is 84.9 Å². The number of para-hydroxylation sites is 2. The van der Waals surface area contributed by atoms with Crippen LogP contribution in [-0.4, -0.2) is 31.1 Å². The minimum atomic E-state index is -0.595. The normalized spacial score (nSPS) is 24.8. The Hall–Kier alpha value is -3.35. The highest BCUT2D eigenvalue weighted by atomic mass is 16.7. The van der Waals surface area contributed by atoms with Crippen molar-refractivity contribution in [1.29, 1.82) is 0 Å². The molecule has 2 fully saturated rings. The van der Waals surface area contributed by atoms with Crippen LogP contribution in [-0.2, 0) is 14.5 Å². The summed E-state index contributed by atoms with van der Waals surface area (Å²) < 4.78 is 5.35. The molecular weight excluding hydrogens is 404 g/mol. The number of nitrogens with zero attached hydrogens (tertiary/aromatic N) is 2. The number of carbonyl (C=O) groups is 1. The van der Waals surface area contributed by atoms with Crippen LogP contribution in [0.4, 0.5) is 11.4 Å². The number of benzene rings is 3. The van der Waals surface area contributed by atoms with Gasteiger partial charge in [0.15, 0.2) is 5.78 Å². The van der Waals surface area contributed by atoms with E-state index in [4.69, 9.17) is 14.4 Å². The number of hydrogen-bond donors (Lipinski definition) is 0.